The molecule has 3 aromatic carbocycles. The molecule has 2 atom stereocenters. The summed E-state index contributed by atoms with van der Waals surface area (Å²) in [6, 6.07) is 17.6. The Balaban J connectivity index is 1.53. The molecule has 218 valence electrons. The van der Waals surface area contributed by atoms with Gasteiger partial charge in [0.15, 0.2) is 11.5 Å². The topological polar surface area (TPSA) is 125 Å². The summed E-state index contributed by atoms with van der Waals surface area (Å²) in [5, 5.41) is 4.32. The van der Waals surface area contributed by atoms with Gasteiger partial charge in [-0.1, -0.05) is 6.07 Å². The number of fused-ring (bicyclic) bond motifs is 1. The predicted octanol–water partition coefficient (Wildman–Crippen LogP) is 5.79. The van der Waals surface area contributed by atoms with Crippen molar-refractivity contribution in [2.24, 2.45) is 0 Å². The third-order valence-electron chi connectivity index (χ3n) is 7.31. The molecule has 4 aromatic rings. The number of likely N-dealkylation sites (tertiary alicyclic amines) is 1. The van der Waals surface area contributed by atoms with E-state index in [-0.39, 0.29) is 11.9 Å². The van der Waals surface area contributed by atoms with Crippen molar-refractivity contribution in [3.05, 3.63) is 78.0 Å². The highest BCUT2D eigenvalue weighted by Crippen LogP contribution is 2.40. The van der Waals surface area contributed by atoms with Gasteiger partial charge in [-0.2, -0.15) is 0 Å². The number of nitrogens with two attached hydrogens (primary N) is 1. The van der Waals surface area contributed by atoms with Crippen LogP contribution < -0.4 is 25.3 Å². The summed E-state index contributed by atoms with van der Waals surface area (Å²) in [6.07, 6.45) is 1.57. The van der Waals surface area contributed by atoms with Crippen molar-refractivity contribution in [1.29, 1.82) is 0 Å². The fourth-order valence-electron chi connectivity index (χ4n) is 5.24. The zero-order chi connectivity index (χ0) is 29.8. The molecule has 0 radical (unpaired) electrons. The molecule has 2 amide bonds. The van der Waals surface area contributed by atoms with E-state index in [4.69, 9.17) is 24.7 Å². The second kappa shape index (κ2) is 12.5. The smallest absolute Gasteiger partial charge is 0.411 e. The van der Waals surface area contributed by atoms with Gasteiger partial charge in [0.25, 0.3) is 5.91 Å². The molecule has 2 heterocycles. The monoisotopic (exact) mass is 588 g/mol. The average molecular weight is 589 g/mol. The van der Waals surface area contributed by atoms with Gasteiger partial charge in [0, 0.05) is 34.3 Å². The van der Waals surface area contributed by atoms with Crippen molar-refractivity contribution < 1.29 is 28.5 Å². The van der Waals surface area contributed by atoms with E-state index in [2.05, 4.69) is 22.9 Å². The maximum Gasteiger partial charge on any atom is 0.411 e. The molecule has 0 spiro atoms. The molecule has 0 saturated carbocycles. The fourth-order valence-corrected chi connectivity index (χ4v) is 5.53. The van der Waals surface area contributed by atoms with E-state index in [1.165, 1.54) is 7.11 Å². The van der Waals surface area contributed by atoms with Crippen LogP contribution in [0, 0.1) is 0 Å². The molecule has 1 aliphatic rings. The Hall–Kier alpha value is -4.64. The fraction of sp³-hybridized carbons (Fsp3) is 0.258. The van der Waals surface area contributed by atoms with Crippen LogP contribution in [0.3, 0.4) is 0 Å². The largest absolute Gasteiger partial charge is 0.493 e. The molecule has 1 saturated heterocycles. The number of anilines is 2. The van der Waals surface area contributed by atoms with Crippen molar-refractivity contribution in [2.45, 2.75) is 29.9 Å². The molecule has 0 aliphatic carbocycles. The molecule has 1 fully saturated rings. The number of aromatic nitrogens is 1. The zero-order valence-corrected chi connectivity index (χ0v) is 24.4. The molecular weight excluding hydrogens is 556 g/mol. The Morgan fingerprint density at radius 1 is 1.02 bits per heavy atom. The van der Waals surface area contributed by atoms with Gasteiger partial charge in [0.05, 0.1) is 27.4 Å². The minimum absolute atomic E-state index is 0.224. The predicted molar refractivity (Wildman–Crippen MR) is 162 cm³/mol. The molecule has 3 N–H and O–H groups in total. The number of nitrogens with zero attached hydrogens (tertiary/aromatic N) is 2. The molecular formula is C31H32N4O6S. The lowest BCUT2D eigenvalue weighted by Crippen LogP contribution is -2.37. The summed E-state index contributed by atoms with van der Waals surface area (Å²) < 4.78 is 22.1. The lowest BCUT2D eigenvalue weighted by Gasteiger charge is -2.30. The summed E-state index contributed by atoms with van der Waals surface area (Å²) in [7, 11) is 4.40. The zero-order valence-electron chi connectivity index (χ0n) is 23.5. The van der Waals surface area contributed by atoms with Crippen LogP contribution in [0.2, 0.25) is 0 Å². The van der Waals surface area contributed by atoms with Crippen molar-refractivity contribution >= 4 is 46.9 Å². The van der Waals surface area contributed by atoms with Crippen LogP contribution in [-0.2, 0) is 9.53 Å². The minimum atomic E-state index is -0.998. The number of ether oxygens (including phenoxy) is 4. The van der Waals surface area contributed by atoms with Gasteiger partial charge < -0.3 is 29.6 Å². The number of benzene rings is 3. The van der Waals surface area contributed by atoms with E-state index in [0.29, 0.717) is 45.8 Å². The van der Waals surface area contributed by atoms with Gasteiger partial charge in [0.2, 0.25) is 6.10 Å². The maximum atomic E-state index is 14.4. The van der Waals surface area contributed by atoms with E-state index in [1.807, 2.05) is 24.3 Å². The average Bonchev–Trinajstić information content (AvgIpc) is 3.50. The van der Waals surface area contributed by atoms with Crippen molar-refractivity contribution in [1.82, 2.24) is 9.88 Å². The molecule has 11 heteroatoms. The first-order chi connectivity index (χ1) is 20.3. The number of methoxy groups -OCH3 is 3. The number of carbonyl (C=O) groups is 2. The summed E-state index contributed by atoms with van der Waals surface area (Å²) in [4.78, 5) is 32.9. The van der Waals surface area contributed by atoms with Crippen LogP contribution in [0.1, 0.15) is 36.1 Å². The Kier molecular flexibility index (Phi) is 8.58. The van der Waals surface area contributed by atoms with E-state index in [9.17, 15) is 9.59 Å². The third-order valence-corrected chi connectivity index (χ3v) is 7.72. The Morgan fingerprint density at radius 3 is 2.60 bits per heavy atom. The normalized spacial score (nSPS) is 15.2. The van der Waals surface area contributed by atoms with Crippen LogP contribution >= 0.6 is 12.6 Å². The quantitative estimate of drug-likeness (QED) is 0.221. The first-order valence-corrected chi connectivity index (χ1v) is 13.8. The molecule has 1 aliphatic heterocycles. The first-order valence-electron chi connectivity index (χ1n) is 13.3. The van der Waals surface area contributed by atoms with E-state index < -0.39 is 12.2 Å². The van der Waals surface area contributed by atoms with Crippen LogP contribution in [0.5, 0.6) is 17.2 Å². The Bertz CT molecular complexity index is 1630. The number of carbonyl (C=O) groups excluding carboxylic acids is 2. The van der Waals surface area contributed by atoms with E-state index in [0.717, 1.165) is 29.2 Å². The number of pyridine rings is 1. The SMILES string of the molecule is COC(=O)Nc1ccc(S)c([C@H]2CCCN2C(=O)[C@H](Oc2ccc3c(N)nccc3c2)c2ccc(OC)c(OC)c2)c1. The van der Waals surface area contributed by atoms with Crippen molar-refractivity contribution in [2.75, 3.05) is 38.9 Å². The summed E-state index contributed by atoms with van der Waals surface area (Å²) in [5.41, 5.74) is 8.01. The summed E-state index contributed by atoms with van der Waals surface area (Å²) >= 11 is 4.68. The number of nitrogens with one attached hydrogen (secondary N) is 1. The van der Waals surface area contributed by atoms with Crippen LogP contribution in [0.4, 0.5) is 16.3 Å². The Labute approximate surface area is 249 Å². The number of nitrogen functional groups attached to an aromatic ring is 1. The van der Waals surface area contributed by atoms with Gasteiger partial charge in [-0.25, -0.2) is 9.78 Å². The number of hydrogen-bond acceptors (Lipinski definition) is 9. The lowest BCUT2D eigenvalue weighted by molar-refractivity contribution is -0.140. The second-order valence-corrected chi connectivity index (χ2v) is 10.3. The highest BCUT2D eigenvalue weighted by molar-refractivity contribution is 7.80. The van der Waals surface area contributed by atoms with Gasteiger partial charge in [-0.15, -0.1) is 12.6 Å². The summed E-state index contributed by atoms with van der Waals surface area (Å²) in [6.45, 7) is 0.526. The minimum Gasteiger partial charge on any atom is -0.493 e. The van der Waals surface area contributed by atoms with Crippen LogP contribution in [0.15, 0.2) is 71.8 Å². The van der Waals surface area contributed by atoms with E-state index >= 15 is 0 Å². The summed E-state index contributed by atoms with van der Waals surface area (Å²) in [5.74, 6) is 1.70. The molecule has 1 aromatic heterocycles. The maximum absolute atomic E-state index is 14.4. The molecule has 0 unspecified atom stereocenters. The second-order valence-electron chi connectivity index (χ2n) is 9.77. The van der Waals surface area contributed by atoms with Gasteiger partial charge in [0.1, 0.15) is 11.6 Å². The van der Waals surface area contributed by atoms with Crippen molar-refractivity contribution in [3.63, 3.8) is 0 Å². The van der Waals surface area contributed by atoms with Gasteiger partial charge in [-0.05, 0) is 78.4 Å². The molecule has 5 rings (SSSR count). The highest BCUT2D eigenvalue weighted by atomic mass is 32.1. The standard InChI is InChI=1S/C31H32N4O6S/c1-38-25-10-6-19(16-26(25)39-2)28(41-21-8-9-22-18(15-21)12-13-33-29(22)32)30(36)35-14-4-5-24(35)23-17-20(7-11-27(23)42)34-31(37)40-3/h6-13,15-17,24,28,42H,4-5,14H2,1-3H3,(H2,32,33)(H,34,37)/t24-,28-/m1/s1. The van der Waals surface area contributed by atoms with Crippen molar-refractivity contribution in [3.8, 4) is 17.2 Å². The number of rotatable bonds is 8. The number of amides is 2. The molecule has 0 bridgehead atoms. The van der Waals surface area contributed by atoms with Gasteiger partial charge >= 0.3 is 6.09 Å². The third kappa shape index (κ3) is 5.87. The molecule has 42 heavy (non-hydrogen) atoms. The van der Waals surface area contributed by atoms with Gasteiger partial charge in [-0.3, -0.25) is 10.1 Å². The molecule has 10 nitrogen and oxygen atoms in total. The van der Waals surface area contributed by atoms with Crippen LogP contribution in [-0.4, -0.2) is 49.8 Å². The van der Waals surface area contributed by atoms with Crippen LogP contribution in [0.25, 0.3) is 10.8 Å². The highest BCUT2D eigenvalue weighted by Gasteiger charge is 2.37. The lowest BCUT2D eigenvalue weighted by atomic mass is 10.0. The number of thiol groups is 1. The Morgan fingerprint density at radius 2 is 1.83 bits per heavy atom. The van der Waals surface area contributed by atoms with E-state index in [1.54, 1.807) is 61.7 Å². The first kappa shape index (κ1) is 28.9. The number of hydrogen-bond donors (Lipinski definition) is 3.